The molecule has 1 aromatic carbocycles. The van der Waals surface area contributed by atoms with Gasteiger partial charge in [0.25, 0.3) is 0 Å². The van der Waals surface area contributed by atoms with E-state index in [1.807, 2.05) is 38.1 Å². The maximum Gasteiger partial charge on any atom is 0.319 e. The normalized spacial score (nSPS) is 26.2. The van der Waals surface area contributed by atoms with Crippen LogP contribution in [0.15, 0.2) is 24.3 Å². The maximum absolute atomic E-state index is 11.7. The molecule has 2 atom stereocenters. The lowest BCUT2D eigenvalue weighted by atomic mass is 9.97. The molecule has 0 saturated carbocycles. The minimum Gasteiger partial charge on any atom is -0.385 e. The van der Waals surface area contributed by atoms with Gasteiger partial charge in [0, 0.05) is 18.7 Å². The fourth-order valence-electron chi connectivity index (χ4n) is 2.05. The van der Waals surface area contributed by atoms with E-state index in [2.05, 4.69) is 10.6 Å². The molecule has 1 fully saturated rings. The Labute approximate surface area is 113 Å². The van der Waals surface area contributed by atoms with E-state index >= 15 is 0 Å². The number of rotatable bonds is 3. The minimum absolute atomic E-state index is 0.186. The molecule has 2 unspecified atom stereocenters. The SMILES string of the molecule is Cc1ccc(NC(=O)NCC2(O)CCOC2C)cc1. The molecule has 5 heteroatoms. The zero-order valence-corrected chi connectivity index (χ0v) is 11.3. The van der Waals surface area contributed by atoms with Gasteiger partial charge in [0.1, 0.15) is 5.60 Å². The van der Waals surface area contributed by atoms with E-state index in [0.717, 1.165) is 11.3 Å². The van der Waals surface area contributed by atoms with Crippen molar-refractivity contribution in [3.8, 4) is 0 Å². The number of benzene rings is 1. The number of aryl methyl sites for hydroxylation is 1. The van der Waals surface area contributed by atoms with Crippen molar-refractivity contribution >= 4 is 11.7 Å². The van der Waals surface area contributed by atoms with E-state index in [1.54, 1.807) is 0 Å². The number of carbonyl (C=O) groups excluding carboxylic acids is 1. The van der Waals surface area contributed by atoms with E-state index < -0.39 is 5.60 Å². The second-order valence-corrected chi connectivity index (χ2v) is 5.04. The first-order valence-electron chi connectivity index (χ1n) is 6.45. The van der Waals surface area contributed by atoms with Gasteiger partial charge in [-0.3, -0.25) is 0 Å². The fraction of sp³-hybridized carbons (Fsp3) is 0.500. The van der Waals surface area contributed by atoms with Crippen molar-refractivity contribution in [1.29, 1.82) is 0 Å². The van der Waals surface area contributed by atoms with Gasteiger partial charge in [-0.05, 0) is 26.0 Å². The van der Waals surface area contributed by atoms with Crippen LogP contribution in [0.4, 0.5) is 10.5 Å². The number of anilines is 1. The van der Waals surface area contributed by atoms with E-state index in [1.165, 1.54) is 0 Å². The summed E-state index contributed by atoms with van der Waals surface area (Å²) < 4.78 is 5.31. The highest BCUT2D eigenvalue weighted by atomic mass is 16.5. The monoisotopic (exact) mass is 264 g/mol. The maximum atomic E-state index is 11.7. The van der Waals surface area contributed by atoms with Crippen LogP contribution in [-0.2, 0) is 4.74 Å². The Bertz CT molecular complexity index is 447. The first kappa shape index (κ1) is 13.8. The van der Waals surface area contributed by atoms with Gasteiger partial charge in [-0.2, -0.15) is 0 Å². The number of ether oxygens (including phenoxy) is 1. The molecule has 1 saturated heterocycles. The summed E-state index contributed by atoms with van der Waals surface area (Å²) in [7, 11) is 0. The molecule has 1 aliphatic rings. The van der Waals surface area contributed by atoms with Crippen molar-refractivity contribution in [2.45, 2.75) is 32.0 Å². The van der Waals surface area contributed by atoms with Crippen molar-refractivity contribution in [2.24, 2.45) is 0 Å². The predicted molar refractivity (Wildman–Crippen MR) is 73.2 cm³/mol. The summed E-state index contributed by atoms with van der Waals surface area (Å²) >= 11 is 0. The molecule has 0 bridgehead atoms. The van der Waals surface area contributed by atoms with Crippen LogP contribution in [0, 0.1) is 6.92 Å². The second-order valence-electron chi connectivity index (χ2n) is 5.04. The molecule has 19 heavy (non-hydrogen) atoms. The molecule has 5 nitrogen and oxygen atoms in total. The van der Waals surface area contributed by atoms with Crippen LogP contribution >= 0.6 is 0 Å². The lowest BCUT2D eigenvalue weighted by molar-refractivity contribution is -0.0241. The van der Waals surface area contributed by atoms with Crippen molar-refractivity contribution < 1.29 is 14.6 Å². The zero-order valence-electron chi connectivity index (χ0n) is 11.3. The van der Waals surface area contributed by atoms with Crippen LogP contribution in [0.5, 0.6) is 0 Å². The highest BCUT2D eigenvalue weighted by molar-refractivity contribution is 5.89. The zero-order chi connectivity index (χ0) is 13.9. The first-order valence-corrected chi connectivity index (χ1v) is 6.45. The molecule has 0 radical (unpaired) electrons. The summed E-state index contributed by atoms with van der Waals surface area (Å²) in [6.07, 6.45) is 0.283. The van der Waals surface area contributed by atoms with Gasteiger partial charge in [-0.15, -0.1) is 0 Å². The van der Waals surface area contributed by atoms with Gasteiger partial charge in [-0.25, -0.2) is 4.79 Å². The number of hydrogen-bond donors (Lipinski definition) is 3. The third-order valence-corrected chi connectivity index (χ3v) is 3.52. The fourth-order valence-corrected chi connectivity index (χ4v) is 2.05. The molecule has 104 valence electrons. The van der Waals surface area contributed by atoms with Gasteiger partial charge in [-0.1, -0.05) is 17.7 Å². The summed E-state index contributed by atoms with van der Waals surface area (Å²) in [5.41, 5.74) is 0.896. The predicted octanol–water partition coefficient (Wildman–Crippen LogP) is 1.66. The first-order chi connectivity index (χ1) is 8.99. The Hall–Kier alpha value is -1.59. The molecular weight excluding hydrogens is 244 g/mol. The van der Waals surface area contributed by atoms with Crippen LogP contribution in [0.3, 0.4) is 0 Å². The van der Waals surface area contributed by atoms with Crippen molar-refractivity contribution in [2.75, 3.05) is 18.5 Å². The van der Waals surface area contributed by atoms with E-state index in [-0.39, 0.29) is 18.7 Å². The molecule has 0 aromatic heterocycles. The van der Waals surface area contributed by atoms with Crippen molar-refractivity contribution in [3.05, 3.63) is 29.8 Å². The third kappa shape index (κ3) is 3.45. The topological polar surface area (TPSA) is 70.6 Å². The quantitative estimate of drug-likeness (QED) is 0.777. The standard InChI is InChI=1S/C14H20N2O3/c1-10-3-5-12(6-4-10)16-13(17)15-9-14(18)7-8-19-11(14)2/h3-6,11,18H,7-9H2,1-2H3,(H2,15,16,17). The van der Waals surface area contributed by atoms with Crippen LogP contribution in [-0.4, -0.2) is 36.0 Å². The van der Waals surface area contributed by atoms with Crippen LogP contribution < -0.4 is 10.6 Å². The molecular formula is C14H20N2O3. The highest BCUT2D eigenvalue weighted by Crippen LogP contribution is 2.24. The van der Waals surface area contributed by atoms with Gasteiger partial charge in [0.2, 0.25) is 0 Å². The minimum atomic E-state index is -0.968. The second kappa shape index (κ2) is 5.59. The van der Waals surface area contributed by atoms with E-state index in [0.29, 0.717) is 13.0 Å². The summed E-state index contributed by atoms with van der Waals surface area (Å²) in [6, 6.07) is 7.21. The van der Waals surface area contributed by atoms with Gasteiger partial charge < -0.3 is 20.5 Å². The van der Waals surface area contributed by atoms with Crippen molar-refractivity contribution in [3.63, 3.8) is 0 Å². The summed E-state index contributed by atoms with van der Waals surface area (Å²) in [6.45, 7) is 4.51. The average molecular weight is 264 g/mol. The van der Waals surface area contributed by atoms with E-state index in [4.69, 9.17) is 4.74 Å². The summed E-state index contributed by atoms with van der Waals surface area (Å²) in [5.74, 6) is 0. The van der Waals surface area contributed by atoms with Gasteiger partial charge in [0.05, 0.1) is 12.6 Å². The third-order valence-electron chi connectivity index (χ3n) is 3.52. The molecule has 2 amide bonds. The van der Waals surface area contributed by atoms with E-state index in [9.17, 15) is 9.90 Å². The lowest BCUT2D eigenvalue weighted by Crippen LogP contribution is -2.48. The number of amides is 2. The Morgan fingerprint density at radius 3 is 2.74 bits per heavy atom. The number of carbonyl (C=O) groups is 1. The molecule has 3 N–H and O–H groups in total. The molecule has 1 aromatic rings. The smallest absolute Gasteiger partial charge is 0.319 e. The number of nitrogens with one attached hydrogen (secondary N) is 2. The number of hydrogen-bond acceptors (Lipinski definition) is 3. The summed E-state index contributed by atoms with van der Waals surface area (Å²) in [5, 5.41) is 15.6. The van der Waals surface area contributed by atoms with Crippen molar-refractivity contribution in [1.82, 2.24) is 5.32 Å². The largest absolute Gasteiger partial charge is 0.385 e. The number of aliphatic hydroxyl groups is 1. The molecule has 0 aliphatic carbocycles. The Morgan fingerprint density at radius 1 is 1.47 bits per heavy atom. The average Bonchev–Trinajstić information content (AvgIpc) is 2.71. The molecule has 1 aliphatic heterocycles. The summed E-state index contributed by atoms with van der Waals surface area (Å²) in [4.78, 5) is 11.7. The van der Waals surface area contributed by atoms with Crippen LogP contribution in [0.25, 0.3) is 0 Å². The lowest BCUT2D eigenvalue weighted by Gasteiger charge is -2.26. The highest BCUT2D eigenvalue weighted by Gasteiger charge is 2.39. The Kier molecular flexibility index (Phi) is 4.07. The molecule has 1 heterocycles. The Balaban J connectivity index is 1.83. The van der Waals surface area contributed by atoms with Crippen LogP contribution in [0.1, 0.15) is 18.9 Å². The van der Waals surface area contributed by atoms with Gasteiger partial charge in [0.15, 0.2) is 0 Å². The van der Waals surface area contributed by atoms with Gasteiger partial charge >= 0.3 is 6.03 Å². The molecule has 2 rings (SSSR count). The van der Waals surface area contributed by atoms with Crippen LogP contribution in [0.2, 0.25) is 0 Å². The molecule has 0 spiro atoms. The Morgan fingerprint density at radius 2 is 2.16 bits per heavy atom. The number of urea groups is 1.